The van der Waals surface area contributed by atoms with E-state index in [1.807, 2.05) is 0 Å². The van der Waals surface area contributed by atoms with Crippen LogP contribution in [0.5, 0.6) is 11.5 Å². The number of hydrogen-bond acceptors (Lipinski definition) is 5. The van der Waals surface area contributed by atoms with Crippen molar-refractivity contribution >= 4 is 17.9 Å². The van der Waals surface area contributed by atoms with Crippen LogP contribution in [-0.4, -0.2) is 26.0 Å². The quantitative estimate of drug-likeness (QED) is 0.648. The summed E-state index contributed by atoms with van der Waals surface area (Å²) in [6.45, 7) is 0. The van der Waals surface area contributed by atoms with Crippen LogP contribution >= 0.6 is 0 Å². The van der Waals surface area contributed by atoms with Gasteiger partial charge in [0.25, 0.3) is 5.91 Å². The highest BCUT2D eigenvalue weighted by atomic mass is 16.5. The number of ether oxygens (including phenoxy) is 2. The molecule has 0 spiro atoms. The molecule has 1 heterocycles. The molecule has 0 atom stereocenters. The van der Waals surface area contributed by atoms with E-state index in [4.69, 9.17) is 13.9 Å². The highest BCUT2D eigenvalue weighted by Gasteiger charge is 2.08. The molecule has 2 N–H and O–H groups in total. The lowest BCUT2D eigenvalue weighted by molar-refractivity contribution is -0.117. The highest BCUT2D eigenvalue weighted by Crippen LogP contribution is 2.25. The number of amides is 2. The topological polar surface area (TPSA) is 89.8 Å². The highest BCUT2D eigenvalue weighted by molar-refractivity contribution is 5.96. The molecule has 7 nitrogen and oxygen atoms in total. The summed E-state index contributed by atoms with van der Waals surface area (Å²) in [5.74, 6) is 0.273. The Labute approximate surface area is 132 Å². The lowest BCUT2D eigenvalue weighted by Gasteiger charge is -2.07. The van der Waals surface area contributed by atoms with Gasteiger partial charge in [0, 0.05) is 17.7 Å². The summed E-state index contributed by atoms with van der Waals surface area (Å²) in [6.07, 6.45) is 4.20. The Balaban J connectivity index is 1.94. The van der Waals surface area contributed by atoms with Crippen molar-refractivity contribution in [2.24, 2.45) is 0 Å². The summed E-state index contributed by atoms with van der Waals surface area (Å²) in [5, 5.41) is 0. The van der Waals surface area contributed by atoms with Gasteiger partial charge in [0.15, 0.2) is 5.76 Å². The van der Waals surface area contributed by atoms with Crippen molar-refractivity contribution < 1.29 is 23.5 Å². The molecule has 1 aromatic heterocycles. The van der Waals surface area contributed by atoms with E-state index in [9.17, 15) is 9.59 Å². The Kier molecular flexibility index (Phi) is 5.40. The SMILES string of the molecule is COc1ccc(/C=C/C(=O)NNC(=O)c2ccco2)c(OC)c1. The summed E-state index contributed by atoms with van der Waals surface area (Å²) >= 11 is 0. The molecular formula is C16H16N2O5. The Morgan fingerprint density at radius 3 is 2.61 bits per heavy atom. The lowest BCUT2D eigenvalue weighted by atomic mass is 10.1. The third-order valence-corrected chi connectivity index (χ3v) is 2.90. The van der Waals surface area contributed by atoms with Gasteiger partial charge in [-0.3, -0.25) is 20.4 Å². The average molecular weight is 316 g/mol. The van der Waals surface area contributed by atoms with Gasteiger partial charge in [-0.1, -0.05) is 0 Å². The van der Waals surface area contributed by atoms with E-state index < -0.39 is 11.8 Å². The zero-order valence-corrected chi connectivity index (χ0v) is 12.7. The smallest absolute Gasteiger partial charge is 0.305 e. The van der Waals surface area contributed by atoms with Crippen LogP contribution in [0.4, 0.5) is 0 Å². The van der Waals surface area contributed by atoms with Crippen LogP contribution in [0.2, 0.25) is 0 Å². The lowest BCUT2D eigenvalue weighted by Crippen LogP contribution is -2.40. The molecule has 120 valence electrons. The normalized spacial score (nSPS) is 10.3. The fourth-order valence-corrected chi connectivity index (χ4v) is 1.75. The number of hydrazine groups is 1. The predicted molar refractivity (Wildman–Crippen MR) is 82.9 cm³/mol. The molecule has 7 heteroatoms. The number of carbonyl (C=O) groups excluding carboxylic acids is 2. The number of furan rings is 1. The number of benzene rings is 1. The van der Waals surface area contributed by atoms with E-state index in [0.29, 0.717) is 17.1 Å². The molecule has 0 aliphatic heterocycles. The van der Waals surface area contributed by atoms with Crippen LogP contribution in [0.15, 0.2) is 47.1 Å². The fraction of sp³-hybridized carbons (Fsp3) is 0.125. The molecule has 2 aromatic rings. The molecule has 2 rings (SSSR count). The van der Waals surface area contributed by atoms with E-state index in [0.717, 1.165) is 0 Å². The third-order valence-electron chi connectivity index (χ3n) is 2.90. The van der Waals surface area contributed by atoms with E-state index >= 15 is 0 Å². The molecule has 23 heavy (non-hydrogen) atoms. The molecule has 0 bridgehead atoms. The average Bonchev–Trinajstić information content (AvgIpc) is 3.12. The van der Waals surface area contributed by atoms with Gasteiger partial charge >= 0.3 is 5.91 Å². The van der Waals surface area contributed by atoms with Crippen molar-refractivity contribution in [3.05, 3.63) is 54.0 Å². The molecule has 1 aromatic carbocycles. The first-order valence-corrected chi connectivity index (χ1v) is 6.68. The van der Waals surface area contributed by atoms with Gasteiger partial charge in [-0.15, -0.1) is 0 Å². The van der Waals surface area contributed by atoms with Gasteiger partial charge in [0.2, 0.25) is 0 Å². The Morgan fingerprint density at radius 2 is 1.96 bits per heavy atom. The maximum Gasteiger partial charge on any atom is 0.305 e. The van der Waals surface area contributed by atoms with Crippen LogP contribution < -0.4 is 20.3 Å². The van der Waals surface area contributed by atoms with Gasteiger partial charge in [-0.2, -0.15) is 0 Å². The Morgan fingerprint density at radius 1 is 1.13 bits per heavy atom. The van der Waals surface area contributed by atoms with E-state index in [-0.39, 0.29) is 5.76 Å². The van der Waals surface area contributed by atoms with Crippen LogP contribution in [-0.2, 0) is 4.79 Å². The van der Waals surface area contributed by atoms with Crippen LogP contribution in [0.3, 0.4) is 0 Å². The van der Waals surface area contributed by atoms with Crippen LogP contribution in [0.1, 0.15) is 16.1 Å². The Hall–Kier alpha value is -3.22. The minimum absolute atomic E-state index is 0.103. The van der Waals surface area contributed by atoms with Gasteiger partial charge < -0.3 is 13.9 Å². The summed E-state index contributed by atoms with van der Waals surface area (Å²) in [4.78, 5) is 23.3. The maximum absolute atomic E-state index is 11.7. The summed E-state index contributed by atoms with van der Waals surface area (Å²) < 4.78 is 15.2. The zero-order chi connectivity index (χ0) is 16.7. The maximum atomic E-state index is 11.7. The van der Waals surface area contributed by atoms with E-state index in [1.165, 1.54) is 25.5 Å². The second-order valence-corrected chi connectivity index (χ2v) is 4.36. The van der Waals surface area contributed by atoms with Crippen molar-refractivity contribution in [1.29, 1.82) is 0 Å². The van der Waals surface area contributed by atoms with Crippen molar-refractivity contribution in [2.75, 3.05) is 14.2 Å². The third kappa shape index (κ3) is 4.37. The standard InChI is InChI=1S/C16H16N2O5/c1-21-12-7-5-11(14(10-12)22-2)6-8-15(19)17-18-16(20)13-4-3-9-23-13/h3-10H,1-2H3,(H,17,19)(H,18,20)/b8-6+. The number of nitrogens with one attached hydrogen (secondary N) is 2. The molecule has 0 saturated carbocycles. The first-order chi connectivity index (χ1) is 11.1. The number of hydrogen-bond donors (Lipinski definition) is 2. The van der Waals surface area contributed by atoms with Crippen molar-refractivity contribution in [3.8, 4) is 11.5 Å². The summed E-state index contributed by atoms with van der Waals surface area (Å²) in [7, 11) is 3.08. The van der Waals surface area contributed by atoms with Gasteiger partial charge in [-0.05, 0) is 30.3 Å². The molecule has 0 aliphatic rings. The molecular weight excluding hydrogens is 300 g/mol. The molecule has 0 aliphatic carbocycles. The minimum atomic E-state index is -0.543. The minimum Gasteiger partial charge on any atom is -0.497 e. The van der Waals surface area contributed by atoms with Crippen molar-refractivity contribution in [3.63, 3.8) is 0 Å². The largest absolute Gasteiger partial charge is 0.497 e. The number of methoxy groups -OCH3 is 2. The van der Waals surface area contributed by atoms with Gasteiger partial charge in [0.1, 0.15) is 11.5 Å². The molecule has 0 fully saturated rings. The second kappa shape index (κ2) is 7.69. The monoisotopic (exact) mass is 316 g/mol. The first-order valence-electron chi connectivity index (χ1n) is 6.68. The van der Waals surface area contributed by atoms with Crippen molar-refractivity contribution in [2.45, 2.75) is 0 Å². The fourth-order valence-electron chi connectivity index (χ4n) is 1.75. The van der Waals surface area contributed by atoms with E-state index in [1.54, 1.807) is 37.5 Å². The van der Waals surface area contributed by atoms with Crippen LogP contribution in [0, 0.1) is 0 Å². The van der Waals surface area contributed by atoms with Gasteiger partial charge in [-0.25, -0.2) is 0 Å². The van der Waals surface area contributed by atoms with Crippen LogP contribution in [0.25, 0.3) is 6.08 Å². The van der Waals surface area contributed by atoms with Gasteiger partial charge in [0.05, 0.1) is 20.5 Å². The first kappa shape index (κ1) is 16.2. The van der Waals surface area contributed by atoms with E-state index in [2.05, 4.69) is 10.9 Å². The predicted octanol–water partition coefficient (Wildman–Crippen LogP) is 1.77. The summed E-state index contributed by atoms with van der Waals surface area (Å²) in [5.41, 5.74) is 5.18. The molecule has 2 amide bonds. The number of carbonyl (C=O) groups is 2. The Bertz CT molecular complexity index is 707. The number of rotatable bonds is 5. The molecule has 0 saturated heterocycles. The van der Waals surface area contributed by atoms with Crippen molar-refractivity contribution in [1.82, 2.24) is 10.9 Å². The second-order valence-electron chi connectivity index (χ2n) is 4.36. The molecule has 0 radical (unpaired) electrons. The molecule has 0 unspecified atom stereocenters. The summed E-state index contributed by atoms with van der Waals surface area (Å²) in [6, 6.07) is 8.27. The zero-order valence-electron chi connectivity index (χ0n) is 12.7.